The summed E-state index contributed by atoms with van der Waals surface area (Å²) in [5, 5.41) is 0. The van der Waals surface area contributed by atoms with Gasteiger partial charge in [-0.15, -0.1) is 0 Å². The molecule has 4 aliphatic rings. The SMILES string of the molecule is CCOC(=O)N1CCN(C(=O)[C@@H]2[C@H]3C=C[C@]4(CN(Cc5ccncc5)C(=O)[C@@H]24)O3)CC1. The number of ether oxygens (including phenoxy) is 2. The van der Waals surface area contributed by atoms with Crippen LogP contribution in [-0.4, -0.2) is 88.6 Å². The largest absolute Gasteiger partial charge is 0.450 e. The monoisotopic (exact) mass is 426 g/mol. The van der Waals surface area contributed by atoms with Crippen LogP contribution < -0.4 is 0 Å². The third-order valence-corrected chi connectivity index (χ3v) is 6.70. The lowest BCUT2D eigenvalue weighted by Gasteiger charge is -2.36. The first-order valence-corrected chi connectivity index (χ1v) is 10.8. The summed E-state index contributed by atoms with van der Waals surface area (Å²) in [6.07, 6.45) is 6.59. The first kappa shape index (κ1) is 20.0. The Bertz CT molecular complexity index is 914. The summed E-state index contributed by atoms with van der Waals surface area (Å²) >= 11 is 0. The quantitative estimate of drug-likeness (QED) is 0.657. The fraction of sp³-hybridized carbons (Fsp3) is 0.545. The van der Waals surface area contributed by atoms with Gasteiger partial charge >= 0.3 is 6.09 Å². The van der Waals surface area contributed by atoms with Gasteiger partial charge < -0.3 is 24.2 Å². The number of carbonyl (C=O) groups is 3. The Labute approximate surface area is 180 Å². The molecule has 3 fully saturated rings. The smallest absolute Gasteiger partial charge is 0.409 e. The molecule has 9 heteroatoms. The molecule has 0 unspecified atom stereocenters. The average molecular weight is 426 g/mol. The fourth-order valence-electron chi connectivity index (χ4n) is 5.24. The van der Waals surface area contributed by atoms with Crippen LogP contribution in [-0.2, 0) is 25.6 Å². The lowest BCUT2D eigenvalue weighted by atomic mass is 9.76. The van der Waals surface area contributed by atoms with Gasteiger partial charge in [0, 0.05) is 45.1 Å². The van der Waals surface area contributed by atoms with E-state index in [1.54, 1.807) is 34.0 Å². The van der Waals surface area contributed by atoms with Crippen LogP contribution >= 0.6 is 0 Å². The van der Waals surface area contributed by atoms with Crippen molar-refractivity contribution in [3.8, 4) is 0 Å². The number of fused-ring (bicyclic) bond motifs is 1. The van der Waals surface area contributed by atoms with Gasteiger partial charge in [0.05, 0.1) is 31.1 Å². The van der Waals surface area contributed by atoms with Crippen LogP contribution in [0.2, 0.25) is 0 Å². The van der Waals surface area contributed by atoms with Crippen molar-refractivity contribution in [3.63, 3.8) is 0 Å². The topological polar surface area (TPSA) is 92.3 Å². The highest BCUT2D eigenvalue weighted by atomic mass is 16.6. The van der Waals surface area contributed by atoms with Gasteiger partial charge in [-0.25, -0.2) is 4.79 Å². The summed E-state index contributed by atoms with van der Waals surface area (Å²) in [6, 6.07) is 3.78. The van der Waals surface area contributed by atoms with E-state index in [0.717, 1.165) is 5.56 Å². The number of rotatable bonds is 4. The summed E-state index contributed by atoms with van der Waals surface area (Å²) in [7, 11) is 0. The summed E-state index contributed by atoms with van der Waals surface area (Å²) in [4.78, 5) is 47.9. The Morgan fingerprint density at radius 3 is 2.61 bits per heavy atom. The van der Waals surface area contributed by atoms with Crippen molar-refractivity contribution in [1.82, 2.24) is 19.7 Å². The van der Waals surface area contributed by atoms with E-state index >= 15 is 0 Å². The number of piperazine rings is 1. The summed E-state index contributed by atoms with van der Waals surface area (Å²) in [5.74, 6) is -1.12. The Kier molecular flexibility index (Phi) is 4.92. The van der Waals surface area contributed by atoms with E-state index in [0.29, 0.717) is 45.9 Å². The lowest BCUT2D eigenvalue weighted by Crippen LogP contribution is -2.54. The van der Waals surface area contributed by atoms with Crippen molar-refractivity contribution in [3.05, 3.63) is 42.2 Å². The lowest BCUT2D eigenvalue weighted by molar-refractivity contribution is -0.144. The molecule has 3 saturated heterocycles. The highest BCUT2D eigenvalue weighted by Gasteiger charge is 2.67. The molecule has 5 rings (SSSR count). The van der Waals surface area contributed by atoms with E-state index in [-0.39, 0.29) is 24.0 Å². The maximum absolute atomic E-state index is 13.4. The third kappa shape index (κ3) is 3.27. The second-order valence-electron chi connectivity index (χ2n) is 8.46. The molecule has 0 radical (unpaired) electrons. The predicted molar refractivity (Wildman–Crippen MR) is 109 cm³/mol. The number of hydrogen-bond donors (Lipinski definition) is 0. The van der Waals surface area contributed by atoms with Crippen LogP contribution in [0.25, 0.3) is 0 Å². The minimum atomic E-state index is -0.720. The van der Waals surface area contributed by atoms with Crippen molar-refractivity contribution >= 4 is 17.9 Å². The van der Waals surface area contributed by atoms with Crippen molar-refractivity contribution in [1.29, 1.82) is 0 Å². The molecule has 5 heterocycles. The van der Waals surface area contributed by atoms with Gasteiger partial charge in [-0.05, 0) is 24.6 Å². The molecule has 1 aromatic heterocycles. The molecular weight excluding hydrogens is 400 g/mol. The average Bonchev–Trinajstić information content (AvgIpc) is 3.42. The number of carbonyl (C=O) groups excluding carboxylic acids is 3. The Morgan fingerprint density at radius 1 is 1.19 bits per heavy atom. The van der Waals surface area contributed by atoms with Gasteiger partial charge in [0.1, 0.15) is 5.60 Å². The van der Waals surface area contributed by atoms with Gasteiger partial charge in [-0.1, -0.05) is 12.2 Å². The number of amides is 3. The summed E-state index contributed by atoms with van der Waals surface area (Å²) in [5.41, 5.74) is 0.276. The highest BCUT2D eigenvalue weighted by molar-refractivity contribution is 5.93. The molecule has 4 atom stereocenters. The number of aromatic nitrogens is 1. The Morgan fingerprint density at radius 2 is 1.90 bits per heavy atom. The van der Waals surface area contributed by atoms with Crippen LogP contribution in [0.15, 0.2) is 36.7 Å². The van der Waals surface area contributed by atoms with Crippen LogP contribution in [0.1, 0.15) is 12.5 Å². The maximum atomic E-state index is 13.4. The van der Waals surface area contributed by atoms with E-state index < -0.39 is 17.4 Å². The van der Waals surface area contributed by atoms with Gasteiger partial charge in [-0.2, -0.15) is 0 Å². The van der Waals surface area contributed by atoms with Gasteiger partial charge in [0.2, 0.25) is 11.8 Å². The Hall–Kier alpha value is -2.94. The van der Waals surface area contributed by atoms with E-state index in [2.05, 4.69) is 4.98 Å². The second-order valence-corrected chi connectivity index (χ2v) is 8.46. The molecule has 164 valence electrons. The highest BCUT2D eigenvalue weighted by Crippen LogP contribution is 2.52. The molecule has 0 N–H and O–H groups in total. The molecule has 0 aliphatic carbocycles. The Balaban J connectivity index is 1.29. The van der Waals surface area contributed by atoms with Crippen molar-refractivity contribution in [2.45, 2.75) is 25.2 Å². The third-order valence-electron chi connectivity index (χ3n) is 6.70. The van der Waals surface area contributed by atoms with Gasteiger partial charge in [0.15, 0.2) is 0 Å². The van der Waals surface area contributed by atoms with Crippen molar-refractivity contribution < 1.29 is 23.9 Å². The summed E-state index contributed by atoms with van der Waals surface area (Å²) < 4.78 is 11.3. The fourth-order valence-corrected chi connectivity index (χ4v) is 5.24. The zero-order valence-corrected chi connectivity index (χ0v) is 17.5. The number of likely N-dealkylation sites (tertiary alicyclic amines) is 1. The first-order chi connectivity index (χ1) is 15.0. The molecule has 9 nitrogen and oxygen atoms in total. The number of hydrogen-bond acceptors (Lipinski definition) is 6. The van der Waals surface area contributed by atoms with Crippen molar-refractivity contribution in [2.75, 3.05) is 39.3 Å². The van der Waals surface area contributed by atoms with Crippen LogP contribution in [0.3, 0.4) is 0 Å². The van der Waals surface area contributed by atoms with Gasteiger partial charge in [0.25, 0.3) is 0 Å². The number of nitrogens with zero attached hydrogens (tertiary/aromatic N) is 4. The van der Waals surface area contributed by atoms with E-state index in [9.17, 15) is 14.4 Å². The molecule has 1 spiro atoms. The van der Waals surface area contributed by atoms with Crippen LogP contribution in [0, 0.1) is 11.8 Å². The predicted octanol–water partition coefficient (Wildman–Crippen LogP) is 0.664. The first-order valence-electron chi connectivity index (χ1n) is 10.8. The molecule has 0 aromatic carbocycles. The van der Waals surface area contributed by atoms with E-state index in [1.807, 2.05) is 24.3 Å². The number of pyridine rings is 1. The van der Waals surface area contributed by atoms with Crippen LogP contribution in [0.5, 0.6) is 0 Å². The van der Waals surface area contributed by atoms with E-state index in [1.165, 1.54) is 0 Å². The normalized spacial score (nSPS) is 31.3. The molecule has 3 amide bonds. The minimum absolute atomic E-state index is 0.0350. The minimum Gasteiger partial charge on any atom is -0.450 e. The zero-order valence-electron chi connectivity index (χ0n) is 17.5. The molecule has 1 aromatic rings. The standard InChI is InChI=1S/C22H26N4O5/c1-2-30-21(29)25-11-9-24(10-12-25)19(27)17-16-3-6-22(31-16)14-26(20(28)18(17)22)13-15-4-7-23-8-5-15/h3-8,16-18H,2,9-14H2,1H3/t16-,17-,18-,22-/m1/s1. The van der Waals surface area contributed by atoms with E-state index in [4.69, 9.17) is 9.47 Å². The summed E-state index contributed by atoms with van der Waals surface area (Å²) in [6.45, 7) is 4.73. The second kappa shape index (κ2) is 7.64. The molecule has 31 heavy (non-hydrogen) atoms. The molecular formula is C22H26N4O5. The van der Waals surface area contributed by atoms with Crippen molar-refractivity contribution in [2.24, 2.45) is 11.8 Å². The zero-order chi connectivity index (χ0) is 21.6. The van der Waals surface area contributed by atoms with Gasteiger partial charge in [-0.3, -0.25) is 14.6 Å². The molecule has 2 bridgehead atoms. The maximum Gasteiger partial charge on any atom is 0.409 e. The molecule has 0 saturated carbocycles. The molecule has 4 aliphatic heterocycles. The van der Waals surface area contributed by atoms with Crippen LogP contribution in [0.4, 0.5) is 4.79 Å².